The Morgan fingerprint density at radius 3 is 1.83 bits per heavy atom. The van der Waals surface area contributed by atoms with Gasteiger partial charge in [-0.1, -0.05) is 20.8 Å². The van der Waals surface area contributed by atoms with Gasteiger partial charge in [-0.2, -0.15) is 0 Å². The fraction of sp³-hybridized carbons (Fsp3) is 1.00. The highest BCUT2D eigenvalue weighted by atomic mass is 16.3. The zero-order valence-corrected chi connectivity index (χ0v) is 8.75. The van der Waals surface area contributed by atoms with E-state index in [2.05, 4.69) is 20.8 Å². The zero-order valence-electron chi connectivity index (χ0n) is 8.75. The predicted octanol–water partition coefficient (Wildman–Crippen LogP) is 2.69. The van der Waals surface area contributed by atoms with Gasteiger partial charge in [-0.25, -0.2) is 0 Å². The van der Waals surface area contributed by atoms with Gasteiger partial charge < -0.3 is 5.11 Å². The van der Waals surface area contributed by atoms with Gasteiger partial charge in [0.2, 0.25) is 0 Å². The van der Waals surface area contributed by atoms with Crippen molar-refractivity contribution in [2.24, 2.45) is 23.7 Å². The highest BCUT2D eigenvalue weighted by Crippen LogP contribution is 2.39. The third kappa shape index (κ3) is 2.01. The molecule has 0 radical (unpaired) electrons. The molecule has 0 heterocycles. The summed E-state index contributed by atoms with van der Waals surface area (Å²) in [6.07, 6.45) is 2.46. The lowest BCUT2D eigenvalue weighted by Gasteiger charge is -2.39. The molecule has 0 saturated heterocycles. The lowest BCUT2D eigenvalue weighted by Crippen LogP contribution is -2.35. The molecule has 0 amide bonds. The Morgan fingerprint density at radius 1 is 1.08 bits per heavy atom. The lowest BCUT2D eigenvalue weighted by atomic mass is 9.68. The quantitative estimate of drug-likeness (QED) is 0.641. The Bertz CT molecular complexity index is 130. The van der Waals surface area contributed by atoms with Crippen LogP contribution in [0.1, 0.15) is 40.5 Å². The van der Waals surface area contributed by atoms with Gasteiger partial charge in [0, 0.05) is 0 Å². The third-order valence-electron chi connectivity index (χ3n) is 3.42. The molecule has 0 spiro atoms. The monoisotopic (exact) mass is 170 g/mol. The summed E-state index contributed by atoms with van der Waals surface area (Å²) in [5, 5.41) is 9.60. The van der Waals surface area contributed by atoms with Crippen molar-refractivity contribution >= 4 is 0 Å². The van der Waals surface area contributed by atoms with Gasteiger partial charge in [-0.3, -0.25) is 0 Å². The summed E-state index contributed by atoms with van der Waals surface area (Å²) >= 11 is 0. The molecule has 3 atom stereocenters. The Labute approximate surface area is 76.2 Å². The van der Waals surface area contributed by atoms with Crippen LogP contribution < -0.4 is 0 Å². The molecule has 1 aliphatic rings. The molecule has 0 aliphatic heterocycles. The number of hydrogen-bond donors (Lipinski definition) is 1. The number of hydrogen-bond acceptors (Lipinski definition) is 1. The first-order chi connectivity index (χ1) is 5.52. The number of aliphatic hydroxyl groups is 1. The average molecular weight is 170 g/mol. The molecule has 3 unspecified atom stereocenters. The van der Waals surface area contributed by atoms with E-state index in [1.54, 1.807) is 0 Å². The van der Waals surface area contributed by atoms with Crippen LogP contribution >= 0.6 is 0 Å². The lowest BCUT2D eigenvalue weighted by molar-refractivity contribution is 0.0176. The summed E-state index contributed by atoms with van der Waals surface area (Å²) in [6.45, 7) is 8.83. The van der Waals surface area contributed by atoms with Crippen LogP contribution in [0.5, 0.6) is 0 Å². The van der Waals surface area contributed by atoms with Gasteiger partial charge in [0.15, 0.2) is 0 Å². The number of rotatable bonds is 1. The smallest absolute Gasteiger partial charge is 0.0545 e. The normalized spacial score (nSPS) is 45.8. The summed E-state index contributed by atoms with van der Waals surface area (Å²) < 4.78 is 0. The molecule has 1 heteroatoms. The molecule has 1 saturated carbocycles. The minimum atomic E-state index is -0.123. The second-order valence-corrected chi connectivity index (χ2v) is 4.85. The van der Waals surface area contributed by atoms with Crippen molar-refractivity contribution in [3.05, 3.63) is 0 Å². The van der Waals surface area contributed by atoms with Gasteiger partial charge in [-0.05, 0) is 43.4 Å². The topological polar surface area (TPSA) is 20.2 Å². The molecule has 1 N–H and O–H groups in total. The Balaban J connectivity index is 2.60. The highest BCUT2D eigenvalue weighted by molar-refractivity contribution is 4.83. The first kappa shape index (κ1) is 10.0. The molecule has 72 valence electrons. The molecule has 0 aromatic rings. The fourth-order valence-corrected chi connectivity index (χ4v) is 3.19. The van der Waals surface area contributed by atoms with Crippen LogP contribution in [0.15, 0.2) is 0 Å². The fourth-order valence-electron chi connectivity index (χ4n) is 3.19. The Hall–Kier alpha value is -0.0400. The maximum atomic E-state index is 9.60. The second-order valence-electron chi connectivity index (χ2n) is 4.85. The highest BCUT2D eigenvalue weighted by Gasteiger charge is 2.33. The van der Waals surface area contributed by atoms with E-state index in [1.165, 1.54) is 12.8 Å². The summed E-state index contributed by atoms with van der Waals surface area (Å²) in [6, 6.07) is 0. The van der Waals surface area contributed by atoms with Gasteiger partial charge in [0.1, 0.15) is 0 Å². The van der Waals surface area contributed by atoms with Crippen LogP contribution in [0.25, 0.3) is 0 Å². The van der Waals surface area contributed by atoms with Crippen LogP contribution in [-0.4, -0.2) is 11.2 Å². The van der Waals surface area contributed by atoms with Crippen LogP contribution in [0, 0.1) is 23.7 Å². The predicted molar refractivity (Wildman–Crippen MR) is 51.9 cm³/mol. The van der Waals surface area contributed by atoms with Crippen molar-refractivity contribution in [2.45, 2.75) is 46.6 Å². The summed E-state index contributed by atoms with van der Waals surface area (Å²) in [5.74, 6) is 2.78. The molecule has 12 heavy (non-hydrogen) atoms. The van der Waals surface area contributed by atoms with Crippen molar-refractivity contribution in [1.82, 2.24) is 0 Å². The van der Waals surface area contributed by atoms with E-state index in [1.807, 2.05) is 6.92 Å². The summed E-state index contributed by atoms with van der Waals surface area (Å²) in [4.78, 5) is 0. The van der Waals surface area contributed by atoms with Crippen molar-refractivity contribution in [3.8, 4) is 0 Å². The number of aliphatic hydroxyl groups excluding tert-OH is 1. The molecule has 1 aliphatic carbocycles. The maximum absolute atomic E-state index is 9.60. The van der Waals surface area contributed by atoms with E-state index in [0.29, 0.717) is 17.8 Å². The van der Waals surface area contributed by atoms with Crippen LogP contribution in [0.4, 0.5) is 0 Å². The van der Waals surface area contributed by atoms with Gasteiger partial charge in [0.05, 0.1) is 6.10 Å². The Morgan fingerprint density at radius 2 is 1.50 bits per heavy atom. The standard InChI is InChI=1S/C11H22O/c1-7-5-8(2)11(10(4)12)9(3)6-7/h7-12H,5-6H2,1-4H3. The van der Waals surface area contributed by atoms with Gasteiger partial charge in [-0.15, -0.1) is 0 Å². The average Bonchev–Trinajstić information content (AvgIpc) is 1.82. The first-order valence-corrected chi connectivity index (χ1v) is 5.20. The largest absolute Gasteiger partial charge is 0.393 e. The zero-order chi connectivity index (χ0) is 9.30. The maximum Gasteiger partial charge on any atom is 0.0545 e. The molecule has 1 rings (SSSR count). The van der Waals surface area contributed by atoms with E-state index in [9.17, 15) is 5.11 Å². The molecule has 0 bridgehead atoms. The molecular formula is C11H22O. The SMILES string of the molecule is CC1CC(C)C(C(C)O)C(C)C1. The Kier molecular flexibility index (Phi) is 3.16. The van der Waals surface area contributed by atoms with Crippen LogP contribution in [-0.2, 0) is 0 Å². The van der Waals surface area contributed by atoms with Gasteiger partial charge >= 0.3 is 0 Å². The van der Waals surface area contributed by atoms with E-state index >= 15 is 0 Å². The summed E-state index contributed by atoms with van der Waals surface area (Å²) in [7, 11) is 0. The first-order valence-electron chi connectivity index (χ1n) is 5.20. The molecule has 1 nitrogen and oxygen atoms in total. The van der Waals surface area contributed by atoms with Gasteiger partial charge in [0.25, 0.3) is 0 Å². The molecule has 1 fully saturated rings. The van der Waals surface area contributed by atoms with Crippen LogP contribution in [0.3, 0.4) is 0 Å². The second kappa shape index (κ2) is 3.78. The van der Waals surface area contributed by atoms with E-state index in [-0.39, 0.29) is 6.10 Å². The van der Waals surface area contributed by atoms with E-state index < -0.39 is 0 Å². The third-order valence-corrected chi connectivity index (χ3v) is 3.42. The van der Waals surface area contributed by atoms with Crippen molar-refractivity contribution in [3.63, 3.8) is 0 Å². The molecule has 0 aromatic carbocycles. The van der Waals surface area contributed by atoms with E-state index in [4.69, 9.17) is 0 Å². The minimum Gasteiger partial charge on any atom is -0.393 e. The minimum absolute atomic E-state index is 0.123. The van der Waals surface area contributed by atoms with Crippen molar-refractivity contribution in [2.75, 3.05) is 0 Å². The summed E-state index contributed by atoms with van der Waals surface area (Å²) in [5.41, 5.74) is 0. The van der Waals surface area contributed by atoms with Crippen molar-refractivity contribution < 1.29 is 5.11 Å². The van der Waals surface area contributed by atoms with Crippen molar-refractivity contribution in [1.29, 1.82) is 0 Å². The molecule has 0 aromatic heterocycles. The van der Waals surface area contributed by atoms with E-state index in [0.717, 1.165) is 5.92 Å². The van der Waals surface area contributed by atoms with Crippen LogP contribution in [0.2, 0.25) is 0 Å². The molecular weight excluding hydrogens is 148 g/mol.